The van der Waals surface area contributed by atoms with Gasteiger partial charge >= 0.3 is 0 Å². The number of carbonyl (C=O) groups excluding carboxylic acids is 3. The quantitative estimate of drug-likeness (QED) is 0.627. The predicted octanol–water partition coefficient (Wildman–Crippen LogP) is 2.54. The highest BCUT2D eigenvalue weighted by atomic mass is 16.5. The van der Waals surface area contributed by atoms with Gasteiger partial charge in [-0.25, -0.2) is 0 Å². The van der Waals surface area contributed by atoms with Crippen molar-refractivity contribution in [3.8, 4) is 11.5 Å². The van der Waals surface area contributed by atoms with Crippen molar-refractivity contribution in [1.29, 1.82) is 0 Å². The first-order valence-corrected chi connectivity index (χ1v) is 11.0. The van der Waals surface area contributed by atoms with Crippen molar-refractivity contribution in [3.63, 3.8) is 0 Å². The van der Waals surface area contributed by atoms with E-state index in [0.717, 1.165) is 11.1 Å². The Labute approximate surface area is 193 Å². The van der Waals surface area contributed by atoms with Gasteiger partial charge in [-0.2, -0.15) is 0 Å². The number of ketones is 1. The molecule has 1 fully saturated rings. The van der Waals surface area contributed by atoms with Crippen molar-refractivity contribution < 1.29 is 28.6 Å². The highest BCUT2D eigenvalue weighted by Gasteiger charge is 2.36. The molecule has 2 aliphatic rings. The van der Waals surface area contributed by atoms with Gasteiger partial charge in [0.15, 0.2) is 19.0 Å². The van der Waals surface area contributed by atoms with Crippen LogP contribution in [0.15, 0.2) is 36.4 Å². The Hall–Kier alpha value is -3.39. The van der Waals surface area contributed by atoms with Gasteiger partial charge in [0.2, 0.25) is 5.91 Å². The number of benzene rings is 2. The zero-order valence-electron chi connectivity index (χ0n) is 19.1. The third-order valence-electron chi connectivity index (χ3n) is 5.92. The number of anilines is 1. The molecule has 0 saturated carbocycles. The molecule has 0 unspecified atom stereocenters. The van der Waals surface area contributed by atoms with Crippen molar-refractivity contribution in [2.75, 3.05) is 44.4 Å². The molecular formula is C25H28N2O6. The number of fused-ring (bicyclic) bond motifs is 1. The van der Waals surface area contributed by atoms with Gasteiger partial charge in [-0.05, 0) is 50.6 Å². The van der Waals surface area contributed by atoms with Gasteiger partial charge in [0, 0.05) is 18.7 Å². The third kappa shape index (κ3) is 4.85. The molecule has 0 bridgehead atoms. The molecule has 8 heteroatoms. The molecule has 1 saturated heterocycles. The SMILES string of the molecule is Cc1ccc(OCC(=O)c2ccc3c(c2)N([C@H](C)C(=O)N2CCOCC2)C(=O)CO3)c(C)c1. The number of hydrogen-bond acceptors (Lipinski definition) is 6. The van der Waals surface area contributed by atoms with Crippen LogP contribution in [-0.4, -0.2) is 68.1 Å². The molecule has 174 valence electrons. The minimum absolute atomic E-state index is 0.139. The molecule has 2 aliphatic heterocycles. The fraction of sp³-hybridized carbons (Fsp3) is 0.400. The second-order valence-corrected chi connectivity index (χ2v) is 8.33. The number of nitrogens with zero attached hydrogens (tertiary/aromatic N) is 2. The van der Waals surface area contributed by atoms with Gasteiger partial charge in [-0.3, -0.25) is 19.3 Å². The number of hydrogen-bond donors (Lipinski definition) is 0. The van der Waals surface area contributed by atoms with E-state index in [1.807, 2.05) is 32.0 Å². The molecule has 2 aromatic rings. The molecule has 0 spiro atoms. The van der Waals surface area contributed by atoms with Crippen molar-refractivity contribution in [1.82, 2.24) is 4.90 Å². The summed E-state index contributed by atoms with van der Waals surface area (Å²) in [6.45, 7) is 7.26. The maximum Gasteiger partial charge on any atom is 0.265 e. The topological polar surface area (TPSA) is 85.4 Å². The van der Waals surface area contributed by atoms with Crippen molar-refractivity contribution in [2.45, 2.75) is 26.8 Å². The van der Waals surface area contributed by atoms with Crippen LogP contribution in [0, 0.1) is 13.8 Å². The van der Waals surface area contributed by atoms with E-state index in [9.17, 15) is 14.4 Å². The van der Waals surface area contributed by atoms with Crippen LogP contribution in [0.4, 0.5) is 5.69 Å². The van der Waals surface area contributed by atoms with Crippen LogP contribution in [0.25, 0.3) is 0 Å². The first-order valence-electron chi connectivity index (χ1n) is 11.0. The number of aryl methyl sites for hydroxylation is 2. The average molecular weight is 453 g/mol. The number of Topliss-reactive ketones (excluding diaryl/α,β-unsaturated/α-hetero) is 1. The summed E-state index contributed by atoms with van der Waals surface area (Å²) in [6, 6.07) is 9.95. The number of ether oxygens (including phenoxy) is 3. The molecule has 8 nitrogen and oxygen atoms in total. The molecule has 2 aromatic carbocycles. The smallest absolute Gasteiger partial charge is 0.265 e. The molecule has 0 aliphatic carbocycles. The first-order chi connectivity index (χ1) is 15.8. The van der Waals surface area contributed by atoms with E-state index in [4.69, 9.17) is 14.2 Å². The van der Waals surface area contributed by atoms with E-state index < -0.39 is 6.04 Å². The highest BCUT2D eigenvalue weighted by Crippen LogP contribution is 2.35. The second kappa shape index (κ2) is 9.62. The van der Waals surface area contributed by atoms with Crippen LogP contribution in [0.3, 0.4) is 0 Å². The summed E-state index contributed by atoms with van der Waals surface area (Å²) in [5.74, 6) is 0.393. The van der Waals surface area contributed by atoms with Crippen molar-refractivity contribution in [3.05, 3.63) is 53.1 Å². The fourth-order valence-electron chi connectivity index (χ4n) is 4.12. The second-order valence-electron chi connectivity index (χ2n) is 8.33. The summed E-state index contributed by atoms with van der Waals surface area (Å²) < 4.78 is 16.6. The summed E-state index contributed by atoms with van der Waals surface area (Å²) in [7, 11) is 0. The van der Waals surface area contributed by atoms with E-state index in [1.54, 1.807) is 30.0 Å². The predicted molar refractivity (Wildman–Crippen MR) is 122 cm³/mol. The molecule has 0 N–H and O–H groups in total. The van der Waals surface area contributed by atoms with Crippen LogP contribution in [0.5, 0.6) is 11.5 Å². The molecule has 0 radical (unpaired) electrons. The van der Waals surface area contributed by atoms with Crippen LogP contribution in [0.2, 0.25) is 0 Å². The van der Waals surface area contributed by atoms with E-state index in [2.05, 4.69) is 0 Å². The van der Waals surface area contributed by atoms with Gasteiger partial charge in [-0.15, -0.1) is 0 Å². The summed E-state index contributed by atoms with van der Waals surface area (Å²) >= 11 is 0. The van der Waals surface area contributed by atoms with Gasteiger partial charge in [-0.1, -0.05) is 17.7 Å². The van der Waals surface area contributed by atoms with Gasteiger partial charge < -0.3 is 19.1 Å². The number of morpholine rings is 1. The zero-order valence-corrected chi connectivity index (χ0v) is 19.1. The maximum absolute atomic E-state index is 13.0. The number of rotatable bonds is 6. The summed E-state index contributed by atoms with van der Waals surface area (Å²) in [5, 5.41) is 0. The van der Waals surface area contributed by atoms with Crippen LogP contribution in [0.1, 0.15) is 28.4 Å². The molecular weight excluding hydrogens is 424 g/mol. The Kier molecular flexibility index (Phi) is 6.65. The van der Waals surface area contributed by atoms with E-state index in [1.165, 1.54) is 4.90 Å². The number of carbonyl (C=O) groups is 3. The first kappa shape index (κ1) is 22.8. The summed E-state index contributed by atoms with van der Waals surface area (Å²) in [4.78, 5) is 41.8. The molecule has 2 amide bonds. The minimum atomic E-state index is -0.727. The Balaban J connectivity index is 1.53. The molecule has 1 atom stereocenters. The van der Waals surface area contributed by atoms with Gasteiger partial charge in [0.1, 0.15) is 17.5 Å². The maximum atomic E-state index is 13.0. The largest absolute Gasteiger partial charge is 0.485 e. The zero-order chi connectivity index (χ0) is 23.5. The molecule has 4 rings (SSSR count). The van der Waals surface area contributed by atoms with Crippen LogP contribution >= 0.6 is 0 Å². The molecule has 0 aromatic heterocycles. The molecule has 33 heavy (non-hydrogen) atoms. The van der Waals surface area contributed by atoms with Crippen molar-refractivity contribution >= 4 is 23.3 Å². The minimum Gasteiger partial charge on any atom is -0.485 e. The summed E-state index contributed by atoms with van der Waals surface area (Å²) in [6.07, 6.45) is 0. The van der Waals surface area contributed by atoms with E-state index in [-0.39, 0.29) is 30.8 Å². The van der Waals surface area contributed by atoms with Crippen LogP contribution < -0.4 is 14.4 Å². The third-order valence-corrected chi connectivity index (χ3v) is 5.92. The Morgan fingerprint density at radius 3 is 2.58 bits per heavy atom. The molecule has 2 heterocycles. The van der Waals surface area contributed by atoms with Crippen LogP contribution in [-0.2, 0) is 14.3 Å². The standard InChI is InChI=1S/C25H28N2O6/c1-16-4-6-22(17(2)12-16)32-14-21(28)19-5-7-23-20(13-19)27(24(29)15-33-23)18(3)25(30)26-8-10-31-11-9-26/h4-7,12-13,18H,8-11,14-15H2,1-3H3/t18-/m1/s1. The Bertz CT molecular complexity index is 1080. The van der Waals surface area contributed by atoms with E-state index >= 15 is 0 Å². The van der Waals surface area contributed by atoms with Crippen molar-refractivity contribution in [2.24, 2.45) is 0 Å². The Morgan fingerprint density at radius 2 is 1.85 bits per heavy atom. The fourth-order valence-corrected chi connectivity index (χ4v) is 4.12. The highest BCUT2D eigenvalue weighted by molar-refractivity contribution is 6.05. The lowest BCUT2D eigenvalue weighted by atomic mass is 10.1. The van der Waals surface area contributed by atoms with E-state index in [0.29, 0.717) is 49.1 Å². The normalized spacial score (nSPS) is 16.6. The average Bonchev–Trinajstić information content (AvgIpc) is 2.82. The lowest BCUT2D eigenvalue weighted by Crippen LogP contribution is -2.54. The Morgan fingerprint density at radius 1 is 1.09 bits per heavy atom. The van der Waals surface area contributed by atoms with Gasteiger partial charge in [0.05, 0.1) is 18.9 Å². The van der Waals surface area contributed by atoms with Gasteiger partial charge in [0.25, 0.3) is 5.91 Å². The summed E-state index contributed by atoms with van der Waals surface area (Å²) in [5.41, 5.74) is 2.87. The lowest BCUT2D eigenvalue weighted by Gasteiger charge is -2.37. The number of amides is 2. The monoisotopic (exact) mass is 452 g/mol. The lowest BCUT2D eigenvalue weighted by molar-refractivity contribution is -0.138.